The van der Waals surface area contributed by atoms with Gasteiger partial charge in [0.1, 0.15) is 0 Å². The number of benzene rings is 1. The summed E-state index contributed by atoms with van der Waals surface area (Å²) in [5.74, 6) is 0.0660. The second-order valence-electron chi connectivity index (χ2n) is 4.78. The van der Waals surface area contributed by atoms with Crippen molar-refractivity contribution in [2.45, 2.75) is 19.1 Å². The minimum absolute atomic E-state index is 0.00994. The van der Waals surface area contributed by atoms with Gasteiger partial charge in [0.15, 0.2) is 0 Å². The van der Waals surface area contributed by atoms with Crippen LogP contribution in [-0.2, 0) is 11.3 Å². The molecule has 0 radical (unpaired) electrons. The van der Waals surface area contributed by atoms with E-state index in [1.165, 1.54) is 0 Å². The highest BCUT2D eigenvalue weighted by molar-refractivity contribution is 5.94. The lowest BCUT2D eigenvalue weighted by atomic mass is 10.1. The molecule has 2 atom stereocenters. The van der Waals surface area contributed by atoms with Crippen LogP contribution in [0, 0.1) is 5.92 Å². The van der Waals surface area contributed by atoms with E-state index in [-0.39, 0.29) is 24.5 Å². The Morgan fingerprint density at radius 3 is 3.00 bits per heavy atom. The van der Waals surface area contributed by atoms with Crippen molar-refractivity contribution in [3.63, 3.8) is 0 Å². The second kappa shape index (κ2) is 6.50. The van der Waals surface area contributed by atoms with Crippen molar-refractivity contribution in [2.75, 3.05) is 13.7 Å². The van der Waals surface area contributed by atoms with E-state index in [2.05, 4.69) is 5.32 Å². The normalized spacial score (nSPS) is 21.6. The maximum Gasteiger partial charge on any atom is 0.251 e. The highest BCUT2D eigenvalue weighted by atomic mass is 16.5. The van der Waals surface area contributed by atoms with Gasteiger partial charge in [0.2, 0.25) is 0 Å². The summed E-state index contributed by atoms with van der Waals surface area (Å²) in [6, 6.07) is 7.41. The van der Waals surface area contributed by atoms with Gasteiger partial charge in [0.25, 0.3) is 5.91 Å². The lowest BCUT2D eigenvalue weighted by molar-refractivity contribution is 0.0940. The fraction of sp³-hybridized carbons (Fsp3) is 0.400. The van der Waals surface area contributed by atoms with E-state index < -0.39 is 0 Å². The molecular formula is C15H19NO3. The lowest BCUT2D eigenvalue weighted by Crippen LogP contribution is -2.32. The molecule has 4 nitrogen and oxygen atoms in total. The molecule has 102 valence electrons. The van der Waals surface area contributed by atoms with E-state index in [0.717, 1.165) is 12.0 Å². The fourth-order valence-electron chi connectivity index (χ4n) is 2.24. The van der Waals surface area contributed by atoms with Gasteiger partial charge in [-0.2, -0.15) is 0 Å². The van der Waals surface area contributed by atoms with Crippen LogP contribution in [0.15, 0.2) is 36.4 Å². The highest BCUT2D eigenvalue weighted by Crippen LogP contribution is 2.17. The van der Waals surface area contributed by atoms with Crippen molar-refractivity contribution in [1.82, 2.24) is 5.32 Å². The molecule has 1 aliphatic rings. The van der Waals surface area contributed by atoms with Crippen LogP contribution in [0.3, 0.4) is 0 Å². The smallest absolute Gasteiger partial charge is 0.251 e. The van der Waals surface area contributed by atoms with Crippen LogP contribution in [0.25, 0.3) is 0 Å². The molecule has 0 aliphatic heterocycles. The Morgan fingerprint density at radius 1 is 1.47 bits per heavy atom. The van der Waals surface area contributed by atoms with E-state index in [0.29, 0.717) is 12.2 Å². The molecule has 1 amide bonds. The fourth-order valence-corrected chi connectivity index (χ4v) is 2.24. The molecule has 2 rings (SSSR count). The Kier molecular flexibility index (Phi) is 4.71. The average Bonchev–Trinajstić information content (AvgIpc) is 2.87. The van der Waals surface area contributed by atoms with Gasteiger partial charge < -0.3 is 15.2 Å². The van der Waals surface area contributed by atoms with Gasteiger partial charge in [0.05, 0.1) is 6.61 Å². The average molecular weight is 261 g/mol. The Labute approximate surface area is 113 Å². The van der Waals surface area contributed by atoms with Crippen molar-refractivity contribution < 1.29 is 14.6 Å². The minimum Gasteiger partial charge on any atom is -0.396 e. The third kappa shape index (κ3) is 3.66. The summed E-state index contributed by atoms with van der Waals surface area (Å²) in [7, 11) is 1.63. The molecule has 0 unspecified atom stereocenters. The molecule has 0 bridgehead atoms. The van der Waals surface area contributed by atoms with Crippen molar-refractivity contribution in [2.24, 2.45) is 5.92 Å². The SMILES string of the molecule is COCc1cccc(C(=O)N[C@@H]2C=C[C@H](CO)C2)c1. The molecular weight excluding hydrogens is 242 g/mol. The summed E-state index contributed by atoms with van der Waals surface area (Å²) >= 11 is 0. The molecule has 0 saturated carbocycles. The molecule has 2 N–H and O–H groups in total. The maximum atomic E-state index is 12.1. The van der Waals surface area contributed by atoms with Gasteiger partial charge in [-0.25, -0.2) is 0 Å². The summed E-state index contributed by atoms with van der Waals surface area (Å²) in [6.45, 7) is 0.628. The highest BCUT2D eigenvalue weighted by Gasteiger charge is 2.20. The van der Waals surface area contributed by atoms with Gasteiger partial charge >= 0.3 is 0 Å². The first kappa shape index (κ1) is 13.8. The van der Waals surface area contributed by atoms with Gasteiger partial charge in [0, 0.05) is 31.2 Å². The topological polar surface area (TPSA) is 58.6 Å². The number of hydrogen-bond donors (Lipinski definition) is 2. The van der Waals surface area contributed by atoms with Crippen LogP contribution in [0.2, 0.25) is 0 Å². The summed E-state index contributed by atoms with van der Waals surface area (Å²) in [5, 5.41) is 12.0. The second-order valence-corrected chi connectivity index (χ2v) is 4.78. The molecule has 0 aromatic heterocycles. The number of aliphatic hydroxyl groups excluding tert-OH is 1. The standard InChI is InChI=1S/C15H19NO3/c1-19-10-12-3-2-4-13(7-12)15(18)16-14-6-5-11(8-14)9-17/h2-7,11,14,17H,8-10H2,1H3,(H,16,18)/t11-,14+/m0/s1. The van der Waals surface area contributed by atoms with Crippen LogP contribution in [0.4, 0.5) is 0 Å². The number of amides is 1. The summed E-state index contributed by atoms with van der Waals surface area (Å²) < 4.78 is 5.05. The lowest BCUT2D eigenvalue weighted by Gasteiger charge is -2.13. The van der Waals surface area contributed by atoms with Crippen molar-refractivity contribution in [3.05, 3.63) is 47.5 Å². The summed E-state index contributed by atoms with van der Waals surface area (Å²) in [6.07, 6.45) is 4.66. The third-order valence-corrected chi connectivity index (χ3v) is 3.22. The third-order valence-electron chi connectivity index (χ3n) is 3.22. The number of methoxy groups -OCH3 is 1. The molecule has 19 heavy (non-hydrogen) atoms. The van der Waals surface area contributed by atoms with Crippen LogP contribution in [0.1, 0.15) is 22.3 Å². The van der Waals surface area contributed by atoms with Crippen molar-refractivity contribution >= 4 is 5.91 Å². The van der Waals surface area contributed by atoms with Crippen LogP contribution >= 0.6 is 0 Å². The van der Waals surface area contributed by atoms with E-state index in [9.17, 15) is 4.79 Å². The predicted octanol–water partition coefficient (Wildman–Crippen LogP) is 1.50. The Bertz CT molecular complexity index is 470. The van der Waals surface area contributed by atoms with E-state index in [1.807, 2.05) is 30.4 Å². The predicted molar refractivity (Wildman–Crippen MR) is 72.7 cm³/mol. The Balaban J connectivity index is 1.96. The Morgan fingerprint density at radius 2 is 2.32 bits per heavy atom. The molecule has 1 aromatic carbocycles. The van der Waals surface area contributed by atoms with Crippen LogP contribution < -0.4 is 5.32 Å². The first-order chi connectivity index (χ1) is 9.22. The van der Waals surface area contributed by atoms with Gasteiger partial charge in [-0.1, -0.05) is 24.3 Å². The minimum atomic E-state index is -0.0915. The van der Waals surface area contributed by atoms with E-state index in [1.54, 1.807) is 13.2 Å². The number of hydrogen-bond acceptors (Lipinski definition) is 3. The molecule has 0 spiro atoms. The number of rotatable bonds is 5. The monoisotopic (exact) mass is 261 g/mol. The first-order valence-corrected chi connectivity index (χ1v) is 6.41. The Hall–Kier alpha value is -1.65. The first-order valence-electron chi connectivity index (χ1n) is 6.41. The number of carbonyl (C=O) groups excluding carboxylic acids is 1. The van der Waals surface area contributed by atoms with Gasteiger partial charge in [-0.05, 0) is 24.1 Å². The van der Waals surface area contributed by atoms with Gasteiger partial charge in [-0.15, -0.1) is 0 Å². The number of ether oxygens (including phenoxy) is 1. The number of nitrogens with one attached hydrogen (secondary N) is 1. The zero-order chi connectivity index (χ0) is 13.7. The van der Waals surface area contributed by atoms with Crippen LogP contribution in [0.5, 0.6) is 0 Å². The number of aliphatic hydroxyl groups is 1. The molecule has 1 aromatic rings. The zero-order valence-electron chi connectivity index (χ0n) is 11.0. The molecule has 1 aliphatic carbocycles. The largest absolute Gasteiger partial charge is 0.396 e. The zero-order valence-corrected chi connectivity index (χ0v) is 11.0. The maximum absolute atomic E-state index is 12.1. The number of carbonyl (C=O) groups is 1. The quantitative estimate of drug-likeness (QED) is 0.790. The van der Waals surface area contributed by atoms with Crippen molar-refractivity contribution in [1.29, 1.82) is 0 Å². The molecule has 0 fully saturated rings. The molecule has 4 heteroatoms. The summed E-state index contributed by atoms with van der Waals surface area (Å²) in [5.41, 5.74) is 1.61. The van der Waals surface area contributed by atoms with Gasteiger partial charge in [-0.3, -0.25) is 4.79 Å². The van der Waals surface area contributed by atoms with E-state index in [4.69, 9.17) is 9.84 Å². The van der Waals surface area contributed by atoms with Crippen LogP contribution in [-0.4, -0.2) is 30.8 Å². The molecule has 0 saturated heterocycles. The van der Waals surface area contributed by atoms with Crippen molar-refractivity contribution in [3.8, 4) is 0 Å². The molecule has 0 heterocycles. The van der Waals surface area contributed by atoms with E-state index >= 15 is 0 Å². The summed E-state index contributed by atoms with van der Waals surface area (Å²) in [4.78, 5) is 12.1.